The van der Waals surface area contributed by atoms with Crippen LogP contribution in [0.2, 0.25) is 0 Å². The number of halogens is 1. The van der Waals surface area contributed by atoms with Crippen LogP contribution in [0.15, 0.2) is 42.5 Å². The van der Waals surface area contributed by atoms with Gasteiger partial charge in [-0.1, -0.05) is 12.1 Å². The molecule has 0 radical (unpaired) electrons. The Kier molecular flexibility index (Phi) is 6.16. The molecule has 3 rings (SSSR count). The van der Waals surface area contributed by atoms with Crippen LogP contribution in [-0.4, -0.2) is 37.7 Å². The zero-order chi connectivity index (χ0) is 19.2. The van der Waals surface area contributed by atoms with E-state index in [1.165, 1.54) is 6.07 Å². The monoisotopic (exact) mass is 373 g/mol. The van der Waals surface area contributed by atoms with Gasteiger partial charge in [-0.25, -0.2) is 4.39 Å². The topological polar surface area (TPSA) is 48.0 Å². The molecule has 5 nitrogen and oxygen atoms in total. The van der Waals surface area contributed by atoms with Gasteiger partial charge in [0, 0.05) is 18.2 Å². The molecule has 0 heterocycles. The zero-order valence-electron chi connectivity index (χ0n) is 15.6. The number of ether oxygens (including phenoxy) is 3. The third-order valence-corrected chi connectivity index (χ3v) is 4.55. The lowest BCUT2D eigenvalue weighted by atomic mass is 10.1. The molecule has 1 saturated carbocycles. The molecule has 1 aliphatic carbocycles. The lowest BCUT2D eigenvalue weighted by Gasteiger charge is -2.24. The summed E-state index contributed by atoms with van der Waals surface area (Å²) >= 11 is 0. The zero-order valence-corrected chi connectivity index (χ0v) is 15.6. The Bertz CT molecular complexity index is 792. The summed E-state index contributed by atoms with van der Waals surface area (Å²) in [5.41, 5.74) is 0.895. The molecule has 2 aromatic carbocycles. The Labute approximate surface area is 158 Å². The van der Waals surface area contributed by atoms with Crippen LogP contribution in [0.3, 0.4) is 0 Å². The number of carbonyl (C=O) groups is 1. The maximum Gasteiger partial charge on any atom is 0.226 e. The number of methoxy groups -OCH3 is 2. The van der Waals surface area contributed by atoms with E-state index in [2.05, 4.69) is 0 Å². The van der Waals surface area contributed by atoms with E-state index in [1.54, 1.807) is 32.4 Å². The van der Waals surface area contributed by atoms with Crippen LogP contribution in [0.4, 0.5) is 4.39 Å². The minimum atomic E-state index is -0.426. The Morgan fingerprint density at radius 2 is 1.89 bits per heavy atom. The van der Waals surface area contributed by atoms with Crippen molar-refractivity contribution in [2.24, 2.45) is 0 Å². The first-order valence-corrected chi connectivity index (χ1v) is 9.00. The fourth-order valence-electron chi connectivity index (χ4n) is 2.95. The molecule has 0 aromatic heterocycles. The van der Waals surface area contributed by atoms with Gasteiger partial charge >= 0.3 is 0 Å². The molecule has 0 bridgehead atoms. The lowest BCUT2D eigenvalue weighted by molar-refractivity contribution is -0.133. The summed E-state index contributed by atoms with van der Waals surface area (Å²) in [6.45, 7) is 0.585. The van der Waals surface area contributed by atoms with E-state index in [0.717, 1.165) is 29.9 Å². The third kappa shape index (κ3) is 4.90. The van der Waals surface area contributed by atoms with Gasteiger partial charge in [0.25, 0.3) is 0 Å². The number of hydrogen-bond acceptors (Lipinski definition) is 4. The van der Waals surface area contributed by atoms with E-state index in [1.807, 2.05) is 23.1 Å². The van der Waals surface area contributed by atoms with Crippen molar-refractivity contribution in [2.75, 3.05) is 20.8 Å². The van der Waals surface area contributed by atoms with Crippen molar-refractivity contribution < 1.29 is 23.4 Å². The highest BCUT2D eigenvalue weighted by atomic mass is 19.1. The van der Waals surface area contributed by atoms with Crippen molar-refractivity contribution in [1.29, 1.82) is 0 Å². The van der Waals surface area contributed by atoms with Gasteiger partial charge in [-0.05, 0) is 43.2 Å². The Hall–Kier alpha value is -2.76. The molecule has 27 heavy (non-hydrogen) atoms. The normalized spacial score (nSPS) is 13.1. The van der Waals surface area contributed by atoms with Gasteiger partial charge < -0.3 is 19.1 Å². The first kappa shape index (κ1) is 19.0. The summed E-state index contributed by atoms with van der Waals surface area (Å²) in [5, 5.41) is 0. The van der Waals surface area contributed by atoms with Gasteiger partial charge in [0.1, 0.15) is 11.5 Å². The molecule has 0 spiro atoms. The molecule has 0 aliphatic heterocycles. The number of nitrogens with zero attached hydrogens (tertiary/aromatic N) is 1. The molecular weight excluding hydrogens is 349 g/mol. The number of benzene rings is 2. The van der Waals surface area contributed by atoms with Gasteiger partial charge in [0.05, 0.1) is 27.2 Å². The van der Waals surface area contributed by atoms with E-state index in [0.29, 0.717) is 6.54 Å². The fourth-order valence-corrected chi connectivity index (χ4v) is 2.95. The molecular formula is C21H24FNO4. The van der Waals surface area contributed by atoms with Crippen LogP contribution in [0.5, 0.6) is 17.2 Å². The van der Waals surface area contributed by atoms with Crippen LogP contribution >= 0.6 is 0 Å². The summed E-state index contributed by atoms with van der Waals surface area (Å²) in [6, 6.07) is 12.0. The Morgan fingerprint density at radius 3 is 2.56 bits per heavy atom. The third-order valence-electron chi connectivity index (χ3n) is 4.55. The highest BCUT2D eigenvalue weighted by Crippen LogP contribution is 2.32. The average molecular weight is 373 g/mol. The second kappa shape index (κ2) is 8.75. The Morgan fingerprint density at radius 1 is 1.11 bits per heavy atom. The van der Waals surface area contributed by atoms with Crippen molar-refractivity contribution >= 4 is 5.91 Å². The van der Waals surface area contributed by atoms with E-state index < -0.39 is 5.82 Å². The largest absolute Gasteiger partial charge is 0.497 e. The molecule has 0 saturated heterocycles. The molecule has 2 aromatic rings. The highest BCUT2D eigenvalue weighted by Gasteiger charge is 2.33. The van der Waals surface area contributed by atoms with Crippen LogP contribution in [-0.2, 0) is 11.3 Å². The van der Waals surface area contributed by atoms with Crippen molar-refractivity contribution in [1.82, 2.24) is 4.90 Å². The van der Waals surface area contributed by atoms with E-state index in [-0.39, 0.29) is 30.7 Å². The summed E-state index contributed by atoms with van der Waals surface area (Å²) < 4.78 is 29.7. The second-order valence-corrected chi connectivity index (χ2v) is 6.46. The van der Waals surface area contributed by atoms with Gasteiger partial charge in [-0.3, -0.25) is 4.79 Å². The summed E-state index contributed by atoms with van der Waals surface area (Å²) in [6.07, 6.45) is 2.18. The number of rotatable bonds is 9. The summed E-state index contributed by atoms with van der Waals surface area (Å²) in [4.78, 5) is 14.6. The number of amides is 1. The SMILES string of the molecule is COc1ccc(OC)c(CN(C(=O)CCOc2ccccc2F)C2CC2)c1. The minimum Gasteiger partial charge on any atom is -0.497 e. The number of carbonyl (C=O) groups excluding carboxylic acids is 1. The van der Waals surface area contributed by atoms with Crippen molar-refractivity contribution in [2.45, 2.75) is 31.8 Å². The fraction of sp³-hybridized carbons (Fsp3) is 0.381. The lowest BCUT2D eigenvalue weighted by Crippen LogP contribution is -2.33. The maximum atomic E-state index is 13.6. The van der Waals surface area contributed by atoms with E-state index in [9.17, 15) is 9.18 Å². The number of para-hydroxylation sites is 1. The Balaban J connectivity index is 1.64. The van der Waals surface area contributed by atoms with Crippen molar-refractivity contribution in [3.63, 3.8) is 0 Å². The van der Waals surface area contributed by atoms with Crippen molar-refractivity contribution in [3.8, 4) is 17.2 Å². The summed E-state index contributed by atoms with van der Waals surface area (Å²) in [5.74, 6) is 1.16. The molecule has 144 valence electrons. The second-order valence-electron chi connectivity index (χ2n) is 6.46. The predicted molar refractivity (Wildman–Crippen MR) is 99.6 cm³/mol. The average Bonchev–Trinajstić information content (AvgIpc) is 3.52. The van der Waals surface area contributed by atoms with Gasteiger partial charge in [-0.2, -0.15) is 0 Å². The quantitative estimate of drug-likeness (QED) is 0.671. The van der Waals surface area contributed by atoms with Gasteiger partial charge in [0.15, 0.2) is 11.6 Å². The minimum absolute atomic E-state index is 0.0151. The standard InChI is InChI=1S/C21H24FNO4/c1-25-17-9-10-19(26-2)15(13-17)14-23(16-7-8-16)21(24)11-12-27-20-6-4-3-5-18(20)22/h3-6,9-10,13,16H,7-8,11-12,14H2,1-2H3. The molecule has 0 unspecified atom stereocenters. The summed E-state index contributed by atoms with van der Waals surface area (Å²) in [7, 11) is 3.21. The van der Waals surface area contributed by atoms with Crippen LogP contribution < -0.4 is 14.2 Å². The van der Waals surface area contributed by atoms with Crippen molar-refractivity contribution in [3.05, 3.63) is 53.8 Å². The smallest absolute Gasteiger partial charge is 0.226 e. The van der Waals surface area contributed by atoms with Gasteiger partial charge in [0.2, 0.25) is 5.91 Å². The van der Waals surface area contributed by atoms with Crippen LogP contribution in [0.25, 0.3) is 0 Å². The van der Waals surface area contributed by atoms with Crippen LogP contribution in [0, 0.1) is 5.82 Å². The molecule has 0 atom stereocenters. The molecule has 6 heteroatoms. The first-order chi connectivity index (χ1) is 13.1. The highest BCUT2D eigenvalue weighted by molar-refractivity contribution is 5.77. The molecule has 0 N–H and O–H groups in total. The van der Waals surface area contributed by atoms with Crippen LogP contribution in [0.1, 0.15) is 24.8 Å². The first-order valence-electron chi connectivity index (χ1n) is 9.00. The predicted octanol–water partition coefficient (Wildman–Crippen LogP) is 3.80. The maximum absolute atomic E-state index is 13.6. The molecule has 1 aliphatic rings. The van der Waals surface area contributed by atoms with Gasteiger partial charge in [-0.15, -0.1) is 0 Å². The molecule has 1 amide bonds. The van der Waals surface area contributed by atoms with E-state index >= 15 is 0 Å². The molecule has 1 fully saturated rings. The number of hydrogen-bond donors (Lipinski definition) is 0. The van der Waals surface area contributed by atoms with E-state index in [4.69, 9.17) is 14.2 Å².